The van der Waals surface area contributed by atoms with Gasteiger partial charge in [0.1, 0.15) is 11.9 Å². The monoisotopic (exact) mass is 221 g/mol. The highest BCUT2D eigenvalue weighted by molar-refractivity contribution is 7.80. The van der Waals surface area contributed by atoms with Gasteiger partial charge in [-0.15, -0.1) is 12.6 Å². The van der Waals surface area contributed by atoms with E-state index in [-0.39, 0.29) is 0 Å². The predicted molar refractivity (Wildman–Crippen MR) is 43.4 cm³/mol. The van der Waals surface area contributed by atoms with Crippen LogP contribution in [0.25, 0.3) is 0 Å². The van der Waals surface area contributed by atoms with E-state index in [9.17, 15) is 17.6 Å². The molecule has 0 heterocycles. The van der Waals surface area contributed by atoms with Crippen LogP contribution < -0.4 is 0 Å². The van der Waals surface area contributed by atoms with Gasteiger partial charge in [0.2, 0.25) is 0 Å². The first-order valence-corrected chi connectivity index (χ1v) is 3.81. The Balaban J connectivity index is 3.47. The fourth-order valence-electron chi connectivity index (χ4n) is 0.901. The van der Waals surface area contributed by atoms with Crippen LogP contribution in [0.2, 0.25) is 0 Å². The Bertz CT molecular complexity index is 405. The number of nitriles is 1. The van der Waals surface area contributed by atoms with Crippen molar-refractivity contribution in [1.29, 1.82) is 5.26 Å². The molecular weight excluding hydrogens is 218 g/mol. The topological polar surface area (TPSA) is 23.8 Å². The van der Waals surface area contributed by atoms with Crippen LogP contribution in [-0.4, -0.2) is 0 Å². The minimum atomic E-state index is -4.70. The number of hydrogen-bond acceptors (Lipinski definition) is 2. The second-order valence-electron chi connectivity index (χ2n) is 2.46. The average molecular weight is 221 g/mol. The van der Waals surface area contributed by atoms with Gasteiger partial charge < -0.3 is 0 Å². The van der Waals surface area contributed by atoms with Gasteiger partial charge >= 0.3 is 6.18 Å². The van der Waals surface area contributed by atoms with Crippen molar-refractivity contribution in [1.82, 2.24) is 0 Å². The molecule has 0 saturated carbocycles. The molecule has 14 heavy (non-hydrogen) atoms. The zero-order valence-corrected chi connectivity index (χ0v) is 7.46. The molecule has 0 amide bonds. The van der Waals surface area contributed by atoms with Crippen LogP contribution in [0.15, 0.2) is 17.0 Å². The lowest BCUT2D eigenvalue weighted by Gasteiger charge is -2.10. The Morgan fingerprint density at radius 3 is 2.29 bits per heavy atom. The van der Waals surface area contributed by atoms with Crippen LogP contribution in [0, 0.1) is 17.1 Å². The first-order chi connectivity index (χ1) is 6.36. The number of hydrogen-bond donors (Lipinski definition) is 1. The van der Waals surface area contributed by atoms with E-state index in [1.54, 1.807) is 0 Å². The molecule has 0 aliphatic heterocycles. The summed E-state index contributed by atoms with van der Waals surface area (Å²) >= 11 is 3.52. The fraction of sp³-hybridized carbons (Fsp3) is 0.125. The molecule has 0 aliphatic rings. The van der Waals surface area contributed by atoms with Crippen LogP contribution in [0.3, 0.4) is 0 Å². The Labute approximate surface area is 82.4 Å². The molecule has 1 aromatic carbocycles. The summed E-state index contributed by atoms with van der Waals surface area (Å²) < 4.78 is 49.3. The maximum absolute atomic E-state index is 12.6. The second-order valence-corrected chi connectivity index (χ2v) is 2.91. The third-order valence-corrected chi connectivity index (χ3v) is 1.98. The zero-order valence-electron chi connectivity index (χ0n) is 6.56. The van der Waals surface area contributed by atoms with E-state index in [0.29, 0.717) is 12.1 Å². The summed E-state index contributed by atoms with van der Waals surface area (Å²) in [6.07, 6.45) is -4.70. The van der Waals surface area contributed by atoms with Gasteiger partial charge in [0.15, 0.2) is 0 Å². The highest BCUT2D eigenvalue weighted by atomic mass is 32.1. The lowest BCUT2D eigenvalue weighted by molar-refractivity contribution is -0.139. The molecule has 74 valence electrons. The van der Waals surface area contributed by atoms with Crippen LogP contribution in [-0.2, 0) is 6.18 Å². The van der Waals surface area contributed by atoms with Crippen molar-refractivity contribution in [3.05, 3.63) is 29.1 Å². The largest absolute Gasteiger partial charge is 0.417 e. The molecule has 0 unspecified atom stereocenters. The van der Waals surface area contributed by atoms with Gasteiger partial charge in [-0.1, -0.05) is 0 Å². The highest BCUT2D eigenvalue weighted by Gasteiger charge is 2.34. The first-order valence-electron chi connectivity index (χ1n) is 3.36. The van der Waals surface area contributed by atoms with Gasteiger partial charge in [-0.2, -0.15) is 18.4 Å². The lowest BCUT2D eigenvalue weighted by Crippen LogP contribution is -2.08. The molecule has 0 bridgehead atoms. The maximum Gasteiger partial charge on any atom is 0.417 e. The van der Waals surface area contributed by atoms with Crippen molar-refractivity contribution in [3.63, 3.8) is 0 Å². The van der Waals surface area contributed by atoms with Crippen LogP contribution in [0.5, 0.6) is 0 Å². The van der Waals surface area contributed by atoms with Crippen molar-refractivity contribution in [2.45, 2.75) is 11.1 Å². The lowest BCUT2D eigenvalue weighted by atomic mass is 10.1. The van der Waals surface area contributed by atoms with Crippen molar-refractivity contribution >= 4 is 12.6 Å². The van der Waals surface area contributed by atoms with Gasteiger partial charge in [0.25, 0.3) is 0 Å². The quantitative estimate of drug-likeness (QED) is 0.528. The van der Waals surface area contributed by atoms with Gasteiger partial charge in [0.05, 0.1) is 11.1 Å². The van der Waals surface area contributed by atoms with Crippen molar-refractivity contribution < 1.29 is 17.6 Å². The van der Waals surface area contributed by atoms with E-state index in [2.05, 4.69) is 12.6 Å². The molecule has 0 fully saturated rings. The van der Waals surface area contributed by atoms with E-state index >= 15 is 0 Å². The van der Waals surface area contributed by atoms with Crippen LogP contribution in [0.1, 0.15) is 11.1 Å². The first kappa shape index (κ1) is 10.9. The van der Waals surface area contributed by atoms with Crippen molar-refractivity contribution in [3.8, 4) is 6.07 Å². The molecule has 0 N–H and O–H groups in total. The van der Waals surface area contributed by atoms with Gasteiger partial charge in [-0.3, -0.25) is 0 Å². The number of rotatable bonds is 0. The molecule has 0 spiro atoms. The van der Waals surface area contributed by atoms with Gasteiger partial charge in [0, 0.05) is 4.90 Å². The van der Waals surface area contributed by atoms with E-state index in [0.717, 1.165) is 0 Å². The second kappa shape index (κ2) is 3.50. The summed E-state index contributed by atoms with van der Waals surface area (Å²) in [5.74, 6) is -1.10. The summed E-state index contributed by atoms with van der Waals surface area (Å²) in [7, 11) is 0. The summed E-state index contributed by atoms with van der Waals surface area (Å²) in [4.78, 5) is -0.554. The average Bonchev–Trinajstić information content (AvgIpc) is 2.06. The zero-order chi connectivity index (χ0) is 10.9. The third-order valence-electron chi connectivity index (χ3n) is 1.50. The van der Waals surface area contributed by atoms with Crippen molar-refractivity contribution in [2.75, 3.05) is 0 Å². The Kier molecular flexibility index (Phi) is 2.71. The maximum atomic E-state index is 12.6. The standard InChI is InChI=1S/C8H3F4NS/c9-5-1-4(3-13)7(14)6(2-5)8(10,11)12/h1-2,14H. The number of nitrogens with zero attached hydrogens (tertiary/aromatic N) is 1. The molecule has 0 atom stereocenters. The number of alkyl halides is 3. The molecule has 1 nitrogen and oxygen atoms in total. The SMILES string of the molecule is N#Cc1cc(F)cc(C(F)(F)F)c1S. The van der Waals surface area contributed by atoms with Crippen molar-refractivity contribution in [2.24, 2.45) is 0 Å². The molecule has 0 saturated heterocycles. The number of thiol groups is 1. The summed E-state index contributed by atoms with van der Waals surface area (Å²) in [6, 6.07) is 2.45. The van der Waals surface area contributed by atoms with E-state index < -0.39 is 28.0 Å². The summed E-state index contributed by atoms with van der Waals surface area (Å²) in [5, 5.41) is 8.40. The van der Waals surface area contributed by atoms with E-state index in [1.807, 2.05) is 0 Å². The molecular formula is C8H3F4NS. The third kappa shape index (κ3) is 1.99. The van der Waals surface area contributed by atoms with E-state index in [4.69, 9.17) is 5.26 Å². The minimum Gasteiger partial charge on any atom is -0.207 e. The number of halogens is 4. The molecule has 0 aromatic heterocycles. The summed E-state index contributed by atoms with van der Waals surface area (Å²) in [5.41, 5.74) is -1.67. The molecule has 6 heteroatoms. The Morgan fingerprint density at radius 1 is 1.29 bits per heavy atom. The van der Waals surface area contributed by atoms with Crippen LogP contribution >= 0.6 is 12.6 Å². The van der Waals surface area contributed by atoms with E-state index in [1.165, 1.54) is 6.07 Å². The Hall–Kier alpha value is -1.22. The highest BCUT2D eigenvalue weighted by Crippen LogP contribution is 2.35. The Morgan fingerprint density at radius 2 is 1.86 bits per heavy atom. The molecule has 1 rings (SSSR count). The predicted octanol–water partition coefficient (Wildman–Crippen LogP) is 3.00. The summed E-state index contributed by atoms with van der Waals surface area (Å²) in [6.45, 7) is 0. The molecule has 0 aliphatic carbocycles. The normalized spacial score (nSPS) is 11.1. The molecule has 0 radical (unpaired) electrons. The fourth-order valence-corrected chi connectivity index (χ4v) is 1.21. The number of benzene rings is 1. The van der Waals surface area contributed by atoms with Gasteiger partial charge in [-0.25, -0.2) is 4.39 Å². The van der Waals surface area contributed by atoms with Gasteiger partial charge in [-0.05, 0) is 12.1 Å². The molecule has 1 aromatic rings. The van der Waals surface area contributed by atoms with Crippen LogP contribution in [0.4, 0.5) is 17.6 Å². The smallest absolute Gasteiger partial charge is 0.207 e. The minimum absolute atomic E-state index is 0.309.